The fraction of sp³-hybridized carbons (Fsp3) is 0.923. The molecule has 0 aromatic rings. The highest BCUT2D eigenvalue weighted by molar-refractivity contribution is 5.77. The Morgan fingerprint density at radius 1 is 1.12 bits per heavy atom. The lowest BCUT2D eigenvalue weighted by molar-refractivity contribution is -0.139. The smallest absolute Gasteiger partial charge is 0.248 e. The number of rotatable bonds is 4. The van der Waals surface area contributed by atoms with Crippen LogP contribution in [0, 0.1) is 5.41 Å². The van der Waals surface area contributed by atoms with Crippen LogP contribution < -0.4 is 0 Å². The zero-order valence-corrected chi connectivity index (χ0v) is 11.9. The number of hydrogen-bond acceptors (Lipinski definition) is 2. The highest BCUT2D eigenvalue weighted by Gasteiger charge is 2.22. The van der Waals surface area contributed by atoms with Crippen LogP contribution in [-0.4, -0.2) is 36.6 Å². The molecular formula is C13H27NO2. The average Bonchev–Trinajstić information content (AvgIpc) is 2.07. The zero-order chi connectivity index (χ0) is 13.0. The van der Waals surface area contributed by atoms with Crippen LogP contribution in [0.1, 0.15) is 48.0 Å². The number of hydrogen-bond donors (Lipinski definition) is 0. The molecule has 0 bridgehead atoms. The van der Waals surface area contributed by atoms with Gasteiger partial charge < -0.3 is 9.64 Å². The van der Waals surface area contributed by atoms with Crippen LogP contribution >= 0.6 is 0 Å². The Hall–Kier alpha value is -0.570. The summed E-state index contributed by atoms with van der Waals surface area (Å²) < 4.78 is 5.40. The van der Waals surface area contributed by atoms with Crippen molar-refractivity contribution in [3.63, 3.8) is 0 Å². The quantitative estimate of drug-likeness (QED) is 0.694. The lowest BCUT2D eigenvalue weighted by atomic mass is 9.93. The van der Waals surface area contributed by atoms with Gasteiger partial charge in [0, 0.05) is 19.2 Å². The molecule has 16 heavy (non-hydrogen) atoms. The Morgan fingerprint density at radius 2 is 1.62 bits per heavy atom. The van der Waals surface area contributed by atoms with E-state index in [1.54, 1.807) is 4.90 Å². The van der Waals surface area contributed by atoms with E-state index in [1.807, 2.05) is 27.8 Å². The minimum absolute atomic E-state index is 0.0430. The first-order valence-electron chi connectivity index (χ1n) is 5.88. The summed E-state index contributed by atoms with van der Waals surface area (Å²) in [6.45, 7) is 13.4. The lowest BCUT2D eigenvalue weighted by Gasteiger charge is -2.32. The molecule has 0 atom stereocenters. The van der Waals surface area contributed by atoms with Gasteiger partial charge >= 0.3 is 0 Å². The van der Waals surface area contributed by atoms with Crippen LogP contribution in [0.3, 0.4) is 0 Å². The van der Waals surface area contributed by atoms with Crippen molar-refractivity contribution < 1.29 is 9.53 Å². The third-order valence-electron chi connectivity index (χ3n) is 2.60. The minimum atomic E-state index is -0.134. The number of amides is 1. The molecule has 0 aliphatic carbocycles. The third-order valence-corrected chi connectivity index (χ3v) is 2.60. The van der Waals surface area contributed by atoms with Gasteiger partial charge in [0.05, 0.1) is 0 Å². The van der Waals surface area contributed by atoms with Gasteiger partial charge in [-0.2, -0.15) is 0 Å². The molecule has 0 saturated carbocycles. The van der Waals surface area contributed by atoms with Crippen LogP contribution in [-0.2, 0) is 9.53 Å². The molecule has 0 aliphatic heterocycles. The maximum atomic E-state index is 11.7. The topological polar surface area (TPSA) is 29.5 Å². The van der Waals surface area contributed by atoms with Crippen molar-refractivity contribution in [1.29, 1.82) is 0 Å². The first-order valence-corrected chi connectivity index (χ1v) is 5.88. The minimum Gasteiger partial charge on any atom is -0.372 e. The van der Waals surface area contributed by atoms with Crippen molar-refractivity contribution in [2.24, 2.45) is 5.41 Å². The Labute approximate surface area is 100 Å². The monoisotopic (exact) mass is 229 g/mol. The molecule has 96 valence electrons. The fourth-order valence-electron chi connectivity index (χ4n) is 1.01. The Kier molecular flexibility index (Phi) is 5.47. The lowest BCUT2D eigenvalue weighted by Crippen LogP contribution is -2.44. The normalized spacial score (nSPS) is 12.7. The molecule has 0 fully saturated rings. The van der Waals surface area contributed by atoms with E-state index in [0.717, 1.165) is 6.42 Å². The average molecular weight is 229 g/mol. The zero-order valence-electron chi connectivity index (χ0n) is 11.9. The highest BCUT2D eigenvalue weighted by Crippen LogP contribution is 2.18. The summed E-state index contributed by atoms with van der Waals surface area (Å²) >= 11 is 0. The number of carbonyl (C=O) groups is 1. The number of ether oxygens (including phenoxy) is 1. The van der Waals surface area contributed by atoms with Crippen molar-refractivity contribution in [1.82, 2.24) is 4.90 Å². The van der Waals surface area contributed by atoms with Gasteiger partial charge in [-0.15, -0.1) is 0 Å². The molecule has 0 unspecified atom stereocenters. The summed E-state index contributed by atoms with van der Waals surface area (Å²) in [7, 11) is 1.81. The largest absolute Gasteiger partial charge is 0.372 e. The SMILES string of the molecule is CN(C(=O)COCCC(C)(C)C)C(C)(C)C. The van der Waals surface area contributed by atoms with E-state index in [1.165, 1.54) is 0 Å². The van der Waals surface area contributed by atoms with Crippen molar-refractivity contribution >= 4 is 5.91 Å². The molecule has 3 nitrogen and oxygen atoms in total. The van der Waals surface area contributed by atoms with Gasteiger partial charge in [0.25, 0.3) is 0 Å². The molecule has 0 radical (unpaired) electrons. The van der Waals surface area contributed by atoms with E-state index in [0.29, 0.717) is 6.61 Å². The molecule has 0 aromatic heterocycles. The third kappa shape index (κ3) is 6.83. The maximum Gasteiger partial charge on any atom is 0.248 e. The highest BCUT2D eigenvalue weighted by atomic mass is 16.5. The standard InChI is InChI=1S/C13H27NO2/c1-12(2,3)8-9-16-10-11(15)14(7)13(4,5)6/h8-10H2,1-7H3. The summed E-state index contributed by atoms with van der Waals surface area (Å²) in [5.74, 6) is 0.0430. The molecule has 0 rings (SSSR count). The second-order valence-corrected chi connectivity index (χ2v) is 6.49. The Balaban J connectivity index is 3.83. The van der Waals surface area contributed by atoms with Crippen LogP contribution in [0.25, 0.3) is 0 Å². The first kappa shape index (κ1) is 15.4. The van der Waals surface area contributed by atoms with E-state index in [4.69, 9.17) is 4.74 Å². The molecule has 0 spiro atoms. The molecule has 0 N–H and O–H groups in total. The van der Waals surface area contributed by atoms with Crippen molar-refractivity contribution in [2.45, 2.75) is 53.5 Å². The molecule has 3 heteroatoms. The molecular weight excluding hydrogens is 202 g/mol. The summed E-state index contributed by atoms with van der Waals surface area (Å²) in [6, 6.07) is 0. The van der Waals surface area contributed by atoms with Crippen LogP contribution in [0.15, 0.2) is 0 Å². The fourth-order valence-corrected chi connectivity index (χ4v) is 1.01. The number of nitrogens with zero attached hydrogens (tertiary/aromatic N) is 1. The first-order chi connectivity index (χ1) is 7.04. The predicted octanol–water partition coefficient (Wildman–Crippen LogP) is 2.70. The van der Waals surface area contributed by atoms with Gasteiger partial charge in [-0.3, -0.25) is 4.79 Å². The molecule has 0 aromatic carbocycles. The van der Waals surface area contributed by atoms with Crippen LogP contribution in [0.2, 0.25) is 0 Å². The van der Waals surface area contributed by atoms with Gasteiger partial charge in [0.1, 0.15) is 6.61 Å². The van der Waals surface area contributed by atoms with Gasteiger partial charge in [0.15, 0.2) is 0 Å². The Bertz CT molecular complexity index is 223. The second-order valence-electron chi connectivity index (χ2n) is 6.49. The molecule has 0 saturated heterocycles. The summed E-state index contributed by atoms with van der Waals surface area (Å²) in [5.41, 5.74) is 0.128. The van der Waals surface area contributed by atoms with Gasteiger partial charge in [-0.25, -0.2) is 0 Å². The van der Waals surface area contributed by atoms with Crippen molar-refractivity contribution in [3.05, 3.63) is 0 Å². The number of likely N-dealkylation sites (N-methyl/N-ethyl adjacent to an activating group) is 1. The molecule has 0 aliphatic rings. The van der Waals surface area contributed by atoms with Crippen LogP contribution in [0.4, 0.5) is 0 Å². The van der Waals surface area contributed by atoms with E-state index >= 15 is 0 Å². The predicted molar refractivity (Wildman–Crippen MR) is 67.4 cm³/mol. The van der Waals surface area contributed by atoms with Crippen molar-refractivity contribution in [2.75, 3.05) is 20.3 Å². The van der Waals surface area contributed by atoms with E-state index in [2.05, 4.69) is 20.8 Å². The van der Waals surface area contributed by atoms with E-state index in [9.17, 15) is 4.79 Å². The number of carbonyl (C=O) groups excluding carboxylic acids is 1. The van der Waals surface area contributed by atoms with Gasteiger partial charge in [-0.05, 0) is 32.6 Å². The van der Waals surface area contributed by atoms with Gasteiger partial charge in [-0.1, -0.05) is 20.8 Å². The summed E-state index contributed by atoms with van der Waals surface area (Å²) in [4.78, 5) is 13.4. The second kappa shape index (κ2) is 5.67. The van der Waals surface area contributed by atoms with Gasteiger partial charge in [0.2, 0.25) is 5.91 Å². The maximum absolute atomic E-state index is 11.7. The van der Waals surface area contributed by atoms with Crippen LogP contribution in [0.5, 0.6) is 0 Å². The van der Waals surface area contributed by atoms with E-state index in [-0.39, 0.29) is 23.5 Å². The van der Waals surface area contributed by atoms with Crippen molar-refractivity contribution in [3.8, 4) is 0 Å². The molecule has 0 heterocycles. The Morgan fingerprint density at radius 3 is 2.00 bits per heavy atom. The van der Waals surface area contributed by atoms with E-state index < -0.39 is 0 Å². The summed E-state index contributed by atoms with van der Waals surface area (Å²) in [5, 5.41) is 0. The summed E-state index contributed by atoms with van der Waals surface area (Å²) in [6.07, 6.45) is 0.972. The molecule has 1 amide bonds.